The number of likely N-dealkylation sites (tertiary alicyclic amines) is 2. The maximum Gasteiger partial charge on any atom is 0.490 e. The molecule has 0 aliphatic carbocycles. The largest absolute Gasteiger partial charge is 0.490 e. The lowest BCUT2D eigenvalue weighted by Crippen LogP contribution is -2.47. The molecule has 0 aromatic rings. The van der Waals surface area contributed by atoms with Gasteiger partial charge in [0, 0.05) is 13.2 Å². The lowest BCUT2D eigenvalue weighted by Gasteiger charge is -2.35. The number of ether oxygens (including phenoxy) is 2. The van der Waals surface area contributed by atoms with E-state index in [4.69, 9.17) is 25.1 Å². The first-order valence-electron chi connectivity index (χ1n) is 9.86. The summed E-state index contributed by atoms with van der Waals surface area (Å²) in [6.45, 7) is 4.64. The number of carboxylic acid groups (broad SMARTS) is 1. The van der Waals surface area contributed by atoms with Gasteiger partial charge in [-0.3, -0.25) is 0 Å². The number of carbonyl (C=O) groups excluding carboxylic acids is 1. The number of nitrogens with zero attached hydrogens (tertiary/aromatic N) is 2. The number of fused-ring (bicyclic) bond motifs is 1. The van der Waals surface area contributed by atoms with Gasteiger partial charge in [0.2, 0.25) is 0 Å². The van der Waals surface area contributed by atoms with Crippen molar-refractivity contribution in [1.29, 1.82) is 0 Å². The normalized spacial score (nSPS) is 28.4. The summed E-state index contributed by atoms with van der Waals surface area (Å²) in [6.07, 6.45) is 0.562. The number of alkyl halides is 3. The molecule has 29 heavy (non-hydrogen) atoms. The molecule has 3 aliphatic rings. The van der Waals surface area contributed by atoms with Gasteiger partial charge in [0.1, 0.15) is 0 Å². The lowest BCUT2D eigenvalue weighted by molar-refractivity contribution is -0.192. The summed E-state index contributed by atoms with van der Waals surface area (Å²) in [6, 6.07) is -0.129. The van der Waals surface area contributed by atoms with Gasteiger partial charge in [0.15, 0.2) is 0 Å². The van der Waals surface area contributed by atoms with Gasteiger partial charge in [-0.15, -0.1) is 0 Å². The Kier molecular flexibility index (Phi) is 8.53. The Balaban J connectivity index is 0.000000370. The predicted molar refractivity (Wildman–Crippen MR) is 97.3 cm³/mol. The summed E-state index contributed by atoms with van der Waals surface area (Å²) in [5.41, 5.74) is 5.42. The van der Waals surface area contributed by atoms with E-state index in [9.17, 15) is 18.0 Å². The summed E-state index contributed by atoms with van der Waals surface area (Å²) in [4.78, 5) is 24.4. The summed E-state index contributed by atoms with van der Waals surface area (Å²) in [5, 5.41) is 7.12. The van der Waals surface area contributed by atoms with Crippen LogP contribution in [0.2, 0.25) is 0 Å². The second kappa shape index (κ2) is 10.4. The fourth-order valence-corrected chi connectivity index (χ4v) is 3.99. The number of nitrogens with two attached hydrogens (primary N) is 1. The molecule has 0 bridgehead atoms. The van der Waals surface area contributed by atoms with Crippen LogP contribution < -0.4 is 5.73 Å². The molecule has 3 aliphatic heterocycles. The zero-order valence-corrected chi connectivity index (χ0v) is 16.6. The number of urea groups is 1. The third kappa shape index (κ3) is 7.31. The highest BCUT2D eigenvalue weighted by molar-refractivity contribution is 5.73. The minimum atomic E-state index is -5.08. The number of aliphatic carboxylic acids is 1. The van der Waals surface area contributed by atoms with E-state index in [1.165, 1.54) is 25.9 Å². The van der Waals surface area contributed by atoms with Gasteiger partial charge in [0.05, 0.1) is 24.9 Å². The molecule has 0 aromatic carbocycles. The van der Waals surface area contributed by atoms with Crippen LogP contribution in [0, 0.1) is 5.92 Å². The summed E-state index contributed by atoms with van der Waals surface area (Å²) in [5.74, 6) is -2.06. The first-order valence-corrected chi connectivity index (χ1v) is 9.86. The second-order valence-electron chi connectivity index (χ2n) is 7.85. The monoisotopic (exact) mass is 425 g/mol. The number of hydrogen-bond acceptors (Lipinski definition) is 5. The Morgan fingerprint density at radius 2 is 1.72 bits per heavy atom. The van der Waals surface area contributed by atoms with Crippen molar-refractivity contribution < 1.29 is 37.3 Å². The van der Waals surface area contributed by atoms with Crippen LogP contribution >= 0.6 is 0 Å². The van der Waals surface area contributed by atoms with Gasteiger partial charge in [-0.1, -0.05) is 0 Å². The highest BCUT2D eigenvalue weighted by Gasteiger charge is 2.41. The average molecular weight is 425 g/mol. The van der Waals surface area contributed by atoms with Crippen LogP contribution in [0.1, 0.15) is 32.1 Å². The van der Waals surface area contributed by atoms with Crippen molar-refractivity contribution in [2.24, 2.45) is 11.7 Å². The molecule has 3 saturated heterocycles. The minimum absolute atomic E-state index is 0.151. The highest BCUT2D eigenvalue weighted by Crippen LogP contribution is 2.31. The van der Waals surface area contributed by atoms with Crippen LogP contribution in [0.3, 0.4) is 0 Å². The number of primary amides is 1. The van der Waals surface area contributed by atoms with Gasteiger partial charge in [-0.25, -0.2) is 9.59 Å². The third-order valence-corrected chi connectivity index (χ3v) is 5.66. The first kappa shape index (κ1) is 23.7. The molecule has 0 aromatic heterocycles. The number of carboxylic acids is 1. The first-order chi connectivity index (χ1) is 13.6. The standard InChI is InChI=1S/C16H29N3O3.C2HF3O2/c1-18-7-4-12(5-8-18)10-21-11-13-2-3-14-15(22-13)6-9-19(14)16(17)20;3-2(4,5)1(6)7/h12-15H,2-11H2,1H3,(H2,17,20);(H,6,7)/t13-,14+,15+;/m1./s1. The van der Waals surface area contributed by atoms with Crippen LogP contribution in [0.15, 0.2) is 0 Å². The Bertz CT molecular complexity index is 555. The van der Waals surface area contributed by atoms with Crippen LogP contribution in [-0.2, 0) is 14.3 Å². The van der Waals surface area contributed by atoms with E-state index in [0.29, 0.717) is 12.5 Å². The smallest absolute Gasteiger partial charge is 0.475 e. The zero-order valence-electron chi connectivity index (χ0n) is 16.6. The number of rotatable bonds is 4. The fraction of sp³-hybridized carbons (Fsp3) is 0.889. The maximum atomic E-state index is 11.4. The lowest BCUT2D eigenvalue weighted by atomic mass is 9.98. The van der Waals surface area contributed by atoms with Crippen LogP contribution in [0.5, 0.6) is 0 Å². The topological polar surface area (TPSA) is 105 Å². The van der Waals surface area contributed by atoms with E-state index in [1.807, 2.05) is 0 Å². The quantitative estimate of drug-likeness (QED) is 0.710. The van der Waals surface area contributed by atoms with Crippen molar-refractivity contribution in [3.8, 4) is 0 Å². The molecule has 3 atom stereocenters. The predicted octanol–water partition coefficient (Wildman–Crippen LogP) is 1.68. The van der Waals surface area contributed by atoms with Crippen LogP contribution in [-0.4, -0.2) is 91.2 Å². The van der Waals surface area contributed by atoms with Crippen molar-refractivity contribution in [1.82, 2.24) is 9.80 Å². The van der Waals surface area contributed by atoms with Gasteiger partial charge < -0.3 is 30.1 Å². The van der Waals surface area contributed by atoms with Gasteiger partial charge in [-0.2, -0.15) is 13.2 Å². The Labute approximate surface area is 168 Å². The Morgan fingerprint density at radius 1 is 1.10 bits per heavy atom. The van der Waals surface area contributed by atoms with Gasteiger partial charge in [0.25, 0.3) is 0 Å². The van der Waals surface area contributed by atoms with Crippen molar-refractivity contribution in [3.63, 3.8) is 0 Å². The molecular formula is C18H30F3N3O5. The molecule has 0 unspecified atom stereocenters. The summed E-state index contributed by atoms with van der Waals surface area (Å²) in [7, 11) is 2.18. The summed E-state index contributed by atoms with van der Waals surface area (Å²) >= 11 is 0. The minimum Gasteiger partial charge on any atom is -0.475 e. The van der Waals surface area contributed by atoms with Crippen LogP contribution in [0.25, 0.3) is 0 Å². The number of carbonyl (C=O) groups is 2. The number of piperidine rings is 1. The fourth-order valence-electron chi connectivity index (χ4n) is 3.99. The van der Waals surface area contributed by atoms with E-state index in [2.05, 4.69) is 11.9 Å². The molecule has 168 valence electrons. The second-order valence-corrected chi connectivity index (χ2v) is 7.85. The summed E-state index contributed by atoms with van der Waals surface area (Å²) < 4.78 is 43.8. The molecular weight excluding hydrogens is 395 g/mol. The molecule has 3 heterocycles. The van der Waals surface area contributed by atoms with Gasteiger partial charge >= 0.3 is 18.2 Å². The SMILES string of the molecule is CN1CCC(COC[C@H]2CC[C@H]3[C@H](CCN3C(N)=O)O2)CC1.O=C(O)C(F)(F)F. The average Bonchev–Trinajstić information content (AvgIpc) is 3.06. The van der Waals surface area contributed by atoms with E-state index >= 15 is 0 Å². The maximum absolute atomic E-state index is 11.4. The van der Waals surface area contributed by atoms with E-state index in [1.54, 1.807) is 4.90 Å². The van der Waals surface area contributed by atoms with Crippen LogP contribution in [0.4, 0.5) is 18.0 Å². The third-order valence-electron chi connectivity index (χ3n) is 5.66. The molecule has 0 saturated carbocycles. The molecule has 3 fully saturated rings. The molecule has 8 nitrogen and oxygen atoms in total. The Hall–Kier alpha value is -1.59. The molecule has 0 spiro atoms. The van der Waals surface area contributed by atoms with E-state index in [-0.39, 0.29) is 24.3 Å². The van der Waals surface area contributed by atoms with E-state index < -0.39 is 12.1 Å². The Morgan fingerprint density at radius 3 is 2.28 bits per heavy atom. The number of halogens is 3. The molecule has 11 heteroatoms. The van der Waals surface area contributed by atoms with Crippen molar-refractivity contribution in [2.45, 2.75) is 56.5 Å². The van der Waals surface area contributed by atoms with E-state index in [0.717, 1.165) is 32.4 Å². The van der Waals surface area contributed by atoms with Gasteiger partial charge in [-0.05, 0) is 58.2 Å². The molecule has 0 radical (unpaired) electrons. The number of amides is 2. The van der Waals surface area contributed by atoms with Crippen molar-refractivity contribution in [3.05, 3.63) is 0 Å². The van der Waals surface area contributed by atoms with Crippen molar-refractivity contribution >= 4 is 12.0 Å². The van der Waals surface area contributed by atoms with Crippen molar-refractivity contribution in [2.75, 3.05) is 39.9 Å². The zero-order chi connectivity index (χ0) is 21.6. The number of hydrogen-bond donors (Lipinski definition) is 2. The molecule has 2 amide bonds. The molecule has 3 N–H and O–H groups in total. The highest BCUT2D eigenvalue weighted by atomic mass is 19.4. The molecule has 3 rings (SSSR count).